The highest BCUT2D eigenvalue weighted by molar-refractivity contribution is 5.90. The van der Waals surface area contributed by atoms with Gasteiger partial charge in [-0.3, -0.25) is 0 Å². The zero-order chi connectivity index (χ0) is 22.6. The predicted molar refractivity (Wildman–Crippen MR) is 118 cm³/mol. The first-order valence-corrected chi connectivity index (χ1v) is 9.97. The van der Waals surface area contributed by atoms with E-state index in [2.05, 4.69) is 6.07 Å². The molecule has 0 heterocycles. The van der Waals surface area contributed by atoms with E-state index in [0.29, 0.717) is 6.54 Å². The van der Waals surface area contributed by atoms with Gasteiger partial charge in [0.05, 0.1) is 7.11 Å². The highest BCUT2D eigenvalue weighted by atomic mass is 16.6. The lowest BCUT2D eigenvalue weighted by atomic mass is 10.0. The summed E-state index contributed by atoms with van der Waals surface area (Å²) in [5.74, 6) is -0.370. The topological polar surface area (TPSA) is 85.3 Å². The largest absolute Gasteiger partial charge is 0.497 e. The fourth-order valence-electron chi connectivity index (χ4n) is 3.02. The minimum absolute atomic E-state index is 0.154. The summed E-state index contributed by atoms with van der Waals surface area (Å²) in [7, 11) is 5.36. The first-order chi connectivity index (χ1) is 14.9. The maximum atomic E-state index is 11.9. The van der Waals surface area contributed by atoms with Crippen LogP contribution < -0.4 is 9.47 Å². The molecule has 0 aliphatic carbocycles. The van der Waals surface area contributed by atoms with E-state index in [4.69, 9.17) is 19.3 Å². The first-order valence-electron chi connectivity index (χ1n) is 9.97. The van der Waals surface area contributed by atoms with Gasteiger partial charge in [-0.15, -0.1) is 0 Å². The normalized spacial score (nSPS) is 12.0. The van der Waals surface area contributed by atoms with Crippen molar-refractivity contribution in [2.24, 2.45) is 0 Å². The molecular formula is C24H29NO6. The van der Waals surface area contributed by atoms with Gasteiger partial charge in [-0.1, -0.05) is 30.3 Å². The summed E-state index contributed by atoms with van der Waals surface area (Å²) in [6.07, 6.45) is 2.71. The highest BCUT2D eigenvalue weighted by Crippen LogP contribution is 2.22. The summed E-state index contributed by atoms with van der Waals surface area (Å²) >= 11 is 0. The Labute approximate surface area is 182 Å². The second-order valence-electron chi connectivity index (χ2n) is 7.26. The van der Waals surface area contributed by atoms with Crippen molar-refractivity contribution in [3.63, 3.8) is 0 Å². The van der Waals surface area contributed by atoms with Gasteiger partial charge in [0.25, 0.3) is 0 Å². The van der Waals surface area contributed by atoms with Crippen molar-refractivity contribution < 1.29 is 28.9 Å². The van der Waals surface area contributed by atoms with Crippen LogP contribution >= 0.6 is 0 Å². The molecule has 7 nitrogen and oxygen atoms in total. The van der Waals surface area contributed by atoms with Crippen LogP contribution in [0.2, 0.25) is 0 Å². The Morgan fingerprint density at radius 1 is 1.06 bits per heavy atom. The van der Waals surface area contributed by atoms with Crippen molar-refractivity contribution in [3.05, 3.63) is 71.8 Å². The van der Waals surface area contributed by atoms with Crippen LogP contribution in [0.5, 0.6) is 11.5 Å². The Morgan fingerprint density at radius 2 is 1.84 bits per heavy atom. The predicted octanol–water partition coefficient (Wildman–Crippen LogP) is 2.97. The quantitative estimate of drug-likeness (QED) is 0.412. The van der Waals surface area contributed by atoms with E-state index in [1.165, 1.54) is 5.56 Å². The number of carbonyl (C=O) groups is 2. The second kappa shape index (κ2) is 12.4. The average Bonchev–Trinajstić information content (AvgIpc) is 2.75. The van der Waals surface area contributed by atoms with Gasteiger partial charge in [0, 0.05) is 18.7 Å². The standard InChI is InChI=1S/C24H29NO6/c1-25(2)16-21(31-24(28)14-13-23(26)27)17-30-22-10-5-4-8-19(22)12-11-18-7-6-9-20(15-18)29-3/h4-10,13-15,21H,11-12,16-17H2,1-3H3,(H,26,27)/b14-13+. The van der Waals surface area contributed by atoms with Crippen molar-refractivity contribution in [2.75, 3.05) is 34.4 Å². The van der Waals surface area contributed by atoms with E-state index in [1.54, 1.807) is 7.11 Å². The van der Waals surface area contributed by atoms with Crippen LogP contribution in [0.25, 0.3) is 0 Å². The van der Waals surface area contributed by atoms with Crippen LogP contribution in [0.3, 0.4) is 0 Å². The monoisotopic (exact) mass is 427 g/mol. The zero-order valence-corrected chi connectivity index (χ0v) is 18.1. The van der Waals surface area contributed by atoms with Crippen molar-refractivity contribution in [2.45, 2.75) is 18.9 Å². The van der Waals surface area contributed by atoms with Crippen molar-refractivity contribution >= 4 is 11.9 Å². The Hall–Kier alpha value is -3.32. The highest BCUT2D eigenvalue weighted by Gasteiger charge is 2.16. The van der Waals surface area contributed by atoms with Gasteiger partial charge < -0.3 is 24.2 Å². The molecule has 0 aromatic heterocycles. The molecular weight excluding hydrogens is 398 g/mol. The molecule has 31 heavy (non-hydrogen) atoms. The van der Waals surface area contributed by atoms with E-state index >= 15 is 0 Å². The molecule has 0 amide bonds. The number of nitrogens with zero attached hydrogens (tertiary/aromatic N) is 1. The molecule has 0 radical (unpaired) electrons. The summed E-state index contributed by atoms with van der Waals surface area (Å²) in [5.41, 5.74) is 2.21. The number of ether oxygens (including phenoxy) is 3. The molecule has 0 saturated heterocycles. The molecule has 1 atom stereocenters. The number of hydrogen-bond acceptors (Lipinski definition) is 6. The minimum atomic E-state index is -1.21. The van der Waals surface area contributed by atoms with Gasteiger partial charge in [0.2, 0.25) is 0 Å². The van der Waals surface area contributed by atoms with Crippen LogP contribution in [0, 0.1) is 0 Å². The molecule has 0 fully saturated rings. The van der Waals surface area contributed by atoms with Crippen molar-refractivity contribution in [3.8, 4) is 11.5 Å². The third-order valence-corrected chi connectivity index (χ3v) is 4.43. The summed E-state index contributed by atoms with van der Waals surface area (Å²) in [6.45, 7) is 0.597. The number of aryl methyl sites for hydroxylation is 2. The lowest BCUT2D eigenvalue weighted by Gasteiger charge is -2.22. The minimum Gasteiger partial charge on any atom is -0.497 e. The average molecular weight is 427 g/mol. The first kappa shape index (κ1) is 24.0. The molecule has 2 rings (SSSR count). The maximum absolute atomic E-state index is 11.9. The van der Waals surface area contributed by atoms with Crippen molar-refractivity contribution in [1.29, 1.82) is 0 Å². The molecule has 0 aliphatic heterocycles. The van der Waals surface area contributed by atoms with Gasteiger partial charge in [0.1, 0.15) is 24.2 Å². The lowest BCUT2D eigenvalue weighted by molar-refractivity contribution is -0.145. The van der Waals surface area contributed by atoms with Crippen LogP contribution in [-0.4, -0.2) is 62.4 Å². The number of methoxy groups -OCH3 is 1. The summed E-state index contributed by atoms with van der Waals surface area (Å²) in [6, 6.07) is 15.7. The van der Waals surface area contributed by atoms with Crippen molar-refractivity contribution in [1.82, 2.24) is 4.90 Å². The molecule has 0 aliphatic rings. The van der Waals surface area contributed by atoms with E-state index in [1.807, 2.05) is 61.5 Å². The van der Waals surface area contributed by atoms with E-state index in [0.717, 1.165) is 42.1 Å². The fourth-order valence-corrected chi connectivity index (χ4v) is 3.02. The smallest absolute Gasteiger partial charge is 0.331 e. The molecule has 0 saturated carbocycles. The summed E-state index contributed by atoms with van der Waals surface area (Å²) in [4.78, 5) is 24.3. The SMILES string of the molecule is COc1cccc(CCc2ccccc2OCC(CN(C)C)OC(=O)/C=C/C(=O)O)c1. The van der Waals surface area contributed by atoms with Crippen LogP contribution in [0.15, 0.2) is 60.7 Å². The number of carbonyl (C=O) groups excluding carboxylic acids is 1. The molecule has 7 heteroatoms. The number of likely N-dealkylation sites (N-methyl/N-ethyl adjacent to an activating group) is 1. The Kier molecular flexibility index (Phi) is 9.58. The number of carboxylic acids is 1. The number of benzene rings is 2. The molecule has 2 aromatic rings. The fraction of sp³-hybridized carbons (Fsp3) is 0.333. The molecule has 1 N–H and O–H groups in total. The van der Waals surface area contributed by atoms with Gasteiger partial charge >= 0.3 is 11.9 Å². The van der Waals surface area contributed by atoms with Gasteiger partial charge in [-0.05, 0) is 56.3 Å². The number of hydrogen-bond donors (Lipinski definition) is 1. The molecule has 166 valence electrons. The van der Waals surface area contributed by atoms with E-state index in [-0.39, 0.29) is 6.61 Å². The zero-order valence-electron chi connectivity index (χ0n) is 18.1. The molecule has 2 aromatic carbocycles. The lowest BCUT2D eigenvalue weighted by Crippen LogP contribution is -2.34. The Bertz CT molecular complexity index is 893. The number of para-hydroxylation sites is 1. The maximum Gasteiger partial charge on any atom is 0.331 e. The molecule has 0 spiro atoms. The molecule has 0 bridgehead atoms. The van der Waals surface area contributed by atoms with Crippen LogP contribution in [-0.2, 0) is 27.2 Å². The van der Waals surface area contributed by atoms with Gasteiger partial charge in [0.15, 0.2) is 0 Å². The van der Waals surface area contributed by atoms with E-state index in [9.17, 15) is 9.59 Å². The van der Waals surface area contributed by atoms with Gasteiger partial charge in [-0.25, -0.2) is 9.59 Å². The number of aliphatic carboxylic acids is 1. The van der Waals surface area contributed by atoms with Gasteiger partial charge in [-0.2, -0.15) is 0 Å². The number of esters is 1. The second-order valence-corrected chi connectivity index (χ2v) is 7.26. The number of rotatable bonds is 12. The Balaban J connectivity index is 2.01. The summed E-state index contributed by atoms with van der Waals surface area (Å²) in [5, 5.41) is 8.65. The van der Waals surface area contributed by atoms with E-state index < -0.39 is 18.0 Å². The third-order valence-electron chi connectivity index (χ3n) is 4.43. The van der Waals surface area contributed by atoms with Crippen LogP contribution in [0.1, 0.15) is 11.1 Å². The Morgan fingerprint density at radius 3 is 2.55 bits per heavy atom. The third kappa shape index (κ3) is 8.92. The van der Waals surface area contributed by atoms with Crippen LogP contribution in [0.4, 0.5) is 0 Å². The number of carboxylic acid groups (broad SMARTS) is 1. The molecule has 1 unspecified atom stereocenters. The summed E-state index contributed by atoms with van der Waals surface area (Å²) < 4.78 is 16.6.